The van der Waals surface area contributed by atoms with Gasteiger partial charge in [0.25, 0.3) is 5.91 Å². The number of ether oxygens (including phenoxy) is 5. The number of hydrogen-bond donors (Lipinski definition) is 2. The molecule has 2 atom stereocenters. The zero-order chi connectivity index (χ0) is 46.3. The van der Waals surface area contributed by atoms with Crippen molar-refractivity contribution >= 4 is 39.5 Å². The summed E-state index contributed by atoms with van der Waals surface area (Å²) in [6, 6.07) is 23.2. The highest BCUT2D eigenvalue weighted by molar-refractivity contribution is 6.15. The number of carbonyl (C=O) groups is 3. The molecule has 0 saturated carbocycles. The molecule has 344 valence electrons. The van der Waals surface area contributed by atoms with Crippen LogP contribution in [0.5, 0.6) is 23.0 Å². The monoisotopic (exact) mass is 898 g/mol. The second kappa shape index (κ2) is 20.6. The summed E-state index contributed by atoms with van der Waals surface area (Å²) in [6.07, 6.45) is -1.72. The first-order valence-corrected chi connectivity index (χ1v) is 21.5. The Kier molecular flexibility index (Phi) is 14.7. The van der Waals surface area contributed by atoms with Crippen molar-refractivity contribution in [2.75, 3.05) is 61.3 Å². The molecule has 6 aromatic rings. The van der Waals surface area contributed by atoms with Gasteiger partial charge in [-0.1, -0.05) is 37.3 Å². The minimum atomic E-state index is -4.48. The standard InChI is InChI=1S/C48H53F3N6O8/c1-6-33(23-32(30-11-9-12-34(24-30)61-2)27-52-47(60)31-25-39(62-3)44(64-5)40(26-31)63-4)56-19-17-29(18-20-56)42(58)45-53-37-15-10-13-35(41(37)55-45)43(59)46-54-36-14-7-8-16-38(36)57(46)21-22-65-28-48(49,50)51/h7-16,24-26,29,32-33H,6,17-23,27-28H2,1-5H3,(H,52,60)(H,53,55). The van der Waals surface area contributed by atoms with Crippen LogP contribution in [0.25, 0.3) is 22.1 Å². The highest BCUT2D eigenvalue weighted by Crippen LogP contribution is 2.38. The van der Waals surface area contributed by atoms with Crippen LogP contribution in [0.1, 0.15) is 81.2 Å². The largest absolute Gasteiger partial charge is 0.497 e. The lowest BCUT2D eigenvalue weighted by Gasteiger charge is -2.38. The lowest BCUT2D eigenvalue weighted by atomic mass is 9.87. The van der Waals surface area contributed by atoms with Gasteiger partial charge in [-0.05, 0) is 92.9 Å². The molecule has 1 aliphatic rings. The maximum Gasteiger partial charge on any atom is 0.411 e. The Labute approximate surface area is 374 Å². The number of Topliss-reactive ketones (excluding diaryl/α,β-unsaturated/α-hetero) is 1. The molecule has 0 aliphatic carbocycles. The molecule has 17 heteroatoms. The Hall–Kier alpha value is -6.46. The fraction of sp³-hybridized carbons (Fsp3) is 0.396. The van der Waals surface area contributed by atoms with Crippen LogP contribution in [-0.4, -0.2) is 115 Å². The van der Waals surface area contributed by atoms with E-state index in [-0.39, 0.29) is 59.9 Å². The number of imidazole rings is 2. The average Bonchev–Trinajstić information content (AvgIpc) is 3.94. The number of halogens is 3. The number of ketones is 2. The predicted molar refractivity (Wildman–Crippen MR) is 238 cm³/mol. The fourth-order valence-electron chi connectivity index (χ4n) is 8.66. The van der Waals surface area contributed by atoms with E-state index in [9.17, 15) is 27.6 Å². The number of amides is 1. The van der Waals surface area contributed by atoms with E-state index < -0.39 is 18.6 Å². The van der Waals surface area contributed by atoms with Crippen LogP contribution in [-0.2, 0) is 11.3 Å². The van der Waals surface area contributed by atoms with E-state index in [1.54, 1.807) is 66.3 Å². The summed E-state index contributed by atoms with van der Waals surface area (Å²) < 4.78 is 66.7. The Balaban J connectivity index is 1.04. The molecule has 1 amide bonds. The number of methoxy groups -OCH3 is 4. The van der Waals surface area contributed by atoms with Gasteiger partial charge in [-0.3, -0.25) is 14.4 Å². The molecule has 2 N–H and O–H groups in total. The second-order valence-corrected chi connectivity index (χ2v) is 15.9. The van der Waals surface area contributed by atoms with Crippen LogP contribution in [0.2, 0.25) is 0 Å². The maximum absolute atomic E-state index is 14.2. The number of hydrogen-bond acceptors (Lipinski definition) is 11. The molecule has 65 heavy (non-hydrogen) atoms. The van der Waals surface area contributed by atoms with Gasteiger partial charge in [0.2, 0.25) is 17.3 Å². The molecular weight excluding hydrogens is 846 g/mol. The Morgan fingerprint density at radius 3 is 2.28 bits per heavy atom. The molecule has 0 radical (unpaired) electrons. The molecule has 1 aliphatic heterocycles. The number of aromatic amines is 1. The van der Waals surface area contributed by atoms with Crippen molar-refractivity contribution in [3.8, 4) is 23.0 Å². The lowest BCUT2D eigenvalue weighted by molar-refractivity contribution is -0.174. The molecule has 2 unspecified atom stereocenters. The van der Waals surface area contributed by atoms with E-state index in [4.69, 9.17) is 23.7 Å². The number of benzene rings is 4. The first kappa shape index (κ1) is 46.5. The number of aromatic nitrogens is 4. The number of carbonyl (C=O) groups excluding carboxylic acids is 3. The van der Waals surface area contributed by atoms with E-state index in [0.29, 0.717) is 83.1 Å². The van der Waals surface area contributed by atoms with E-state index in [1.807, 2.05) is 24.3 Å². The van der Waals surface area contributed by atoms with Gasteiger partial charge in [0.1, 0.15) is 17.9 Å². The molecule has 3 heterocycles. The Bertz CT molecular complexity index is 2610. The highest BCUT2D eigenvalue weighted by Gasteiger charge is 2.33. The number of para-hydroxylation sites is 3. The molecule has 7 rings (SSSR count). The van der Waals surface area contributed by atoms with Gasteiger partial charge in [-0.25, -0.2) is 9.97 Å². The summed E-state index contributed by atoms with van der Waals surface area (Å²) in [7, 11) is 6.12. The number of rotatable bonds is 20. The third-order valence-electron chi connectivity index (χ3n) is 12.0. The number of nitrogens with one attached hydrogen (secondary N) is 2. The number of likely N-dealkylation sites (tertiary alicyclic amines) is 1. The van der Waals surface area contributed by atoms with Gasteiger partial charge in [0.15, 0.2) is 23.1 Å². The lowest BCUT2D eigenvalue weighted by Crippen LogP contribution is -2.44. The zero-order valence-electron chi connectivity index (χ0n) is 37.0. The van der Waals surface area contributed by atoms with Crippen LogP contribution in [0.3, 0.4) is 0 Å². The normalized spacial score (nSPS) is 14.6. The molecular formula is C48H53F3N6O8. The topological polar surface area (TPSA) is 159 Å². The number of nitrogens with zero attached hydrogens (tertiary/aromatic N) is 4. The summed E-state index contributed by atoms with van der Waals surface area (Å²) in [5.41, 5.74) is 3.47. The van der Waals surface area contributed by atoms with Gasteiger partial charge in [0, 0.05) is 36.5 Å². The van der Waals surface area contributed by atoms with E-state index >= 15 is 0 Å². The number of H-pyrrole nitrogens is 1. The van der Waals surface area contributed by atoms with Gasteiger partial charge in [-0.15, -0.1) is 0 Å². The summed E-state index contributed by atoms with van der Waals surface area (Å²) in [4.78, 5) is 56.6. The van der Waals surface area contributed by atoms with Crippen molar-refractivity contribution in [1.82, 2.24) is 29.7 Å². The summed E-state index contributed by atoms with van der Waals surface area (Å²) in [5.74, 6) is 0.723. The quantitative estimate of drug-likeness (QED) is 0.0565. The minimum Gasteiger partial charge on any atom is -0.497 e. The molecule has 14 nitrogen and oxygen atoms in total. The van der Waals surface area contributed by atoms with Crippen molar-refractivity contribution < 1.29 is 51.2 Å². The van der Waals surface area contributed by atoms with Crippen molar-refractivity contribution in [2.45, 2.75) is 57.3 Å². The van der Waals surface area contributed by atoms with Crippen LogP contribution in [0, 0.1) is 5.92 Å². The van der Waals surface area contributed by atoms with Gasteiger partial charge in [-0.2, -0.15) is 13.2 Å². The van der Waals surface area contributed by atoms with Gasteiger partial charge >= 0.3 is 6.18 Å². The Morgan fingerprint density at radius 1 is 0.877 bits per heavy atom. The number of alkyl halides is 3. The van der Waals surface area contributed by atoms with Crippen molar-refractivity contribution in [2.24, 2.45) is 5.92 Å². The third kappa shape index (κ3) is 10.6. The average molecular weight is 899 g/mol. The first-order valence-electron chi connectivity index (χ1n) is 21.5. The first-order chi connectivity index (χ1) is 31.4. The van der Waals surface area contributed by atoms with Gasteiger partial charge < -0.3 is 43.5 Å². The molecule has 1 fully saturated rings. The summed E-state index contributed by atoms with van der Waals surface area (Å²) in [5, 5.41) is 3.13. The summed E-state index contributed by atoms with van der Waals surface area (Å²) >= 11 is 0. The van der Waals surface area contributed by atoms with Crippen molar-refractivity contribution in [1.29, 1.82) is 0 Å². The number of fused-ring (bicyclic) bond motifs is 2. The van der Waals surface area contributed by atoms with Crippen molar-refractivity contribution in [3.05, 3.63) is 107 Å². The van der Waals surface area contributed by atoms with Gasteiger partial charge in [0.05, 0.1) is 57.2 Å². The molecule has 4 aromatic carbocycles. The Morgan fingerprint density at radius 2 is 1.60 bits per heavy atom. The second-order valence-electron chi connectivity index (χ2n) is 15.9. The SMILES string of the molecule is CCC(CC(CNC(=O)c1cc(OC)c(OC)c(OC)c1)c1cccc(OC)c1)N1CCC(C(=O)c2nc3c(C(=O)c4nc5ccccc5n4CCOCC(F)(F)F)cccc3[nH]2)CC1. The van der Waals surface area contributed by atoms with E-state index in [2.05, 4.69) is 32.1 Å². The van der Waals surface area contributed by atoms with Crippen LogP contribution >= 0.6 is 0 Å². The third-order valence-corrected chi connectivity index (χ3v) is 12.0. The minimum absolute atomic E-state index is 0.0256. The number of piperidine rings is 1. The van der Waals surface area contributed by atoms with Crippen LogP contribution in [0.15, 0.2) is 78.9 Å². The van der Waals surface area contributed by atoms with Crippen LogP contribution in [0.4, 0.5) is 13.2 Å². The zero-order valence-corrected chi connectivity index (χ0v) is 37.0. The highest BCUT2D eigenvalue weighted by atomic mass is 19.4. The van der Waals surface area contributed by atoms with Crippen molar-refractivity contribution in [3.63, 3.8) is 0 Å². The molecule has 2 aromatic heterocycles. The van der Waals surface area contributed by atoms with E-state index in [1.165, 1.54) is 21.3 Å². The van der Waals surface area contributed by atoms with E-state index in [0.717, 1.165) is 18.4 Å². The molecule has 1 saturated heterocycles. The molecule has 0 bridgehead atoms. The fourth-order valence-corrected chi connectivity index (χ4v) is 8.66. The maximum atomic E-state index is 14.2. The predicted octanol–water partition coefficient (Wildman–Crippen LogP) is 8.03. The summed E-state index contributed by atoms with van der Waals surface area (Å²) in [6.45, 7) is 2.10. The smallest absolute Gasteiger partial charge is 0.411 e. The molecule has 0 spiro atoms. The van der Waals surface area contributed by atoms with Crippen LogP contribution < -0.4 is 24.3 Å².